The summed E-state index contributed by atoms with van der Waals surface area (Å²) in [4.78, 5) is 20.6. The van der Waals surface area contributed by atoms with E-state index in [0.29, 0.717) is 18.2 Å². The average molecular weight is 344 g/mol. The molecule has 1 unspecified atom stereocenters. The first-order valence-corrected chi connectivity index (χ1v) is 9.06. The van der Waals surface area contributed by atoms with Gasteiger partial charge in [-0.2, -0.15) is 0 Å². The van der Waals surface area contributed by atoms with Crippen LogP contribution in [-0.4, -0.2) is 21.1 Å². The first-order chi connectivity index (χ1) is 12.8. The second kappa shape index (κ2) is 5.81. The van der Waals surface area contributed by atoms with Crippen molar-refractivity contribution >= 4 is 21.9 Å². The van der Waals surface area contributed by atoms with Crippen LogP contribution in [-0.2, 0) is 13.0 Å². The maximum absolute atomic E-state index is 12.9. The van der Waals surface area contributed by atoms with Crippen LogP contribution in [0.15, 0.2) is 53.3 Å². The normalized spacial score (nSPS) is 16.9. The number of nitrogens with zero attached hydrogens (tertiary/aromatic N) is 2. The summed E-state index contributed by atoms with van der Waals surface area (Å²) in [6, 6.07) is 15.9. The van der Waals surface area contributed by atoms with Gasteiger partial charge < -0.3 is 15.3 Å². The molecule has 1 aliphatic heterocycles. The summed E-state index contributed by atoms with van der Waals surface area (Å²) in [5.74, 6) is 0.449. The monoisotopic (exact) mass is 344 g/mol. The van der Waals surface area contributed by atoms with Gasteiger partial charge in [-0.05, 0) is 43.5 Å². The lowest BCUT2D eigenvalue weighted by Gasteiger charge is -2.24. The Kier molecular flexibility index (Phi) is 3.43. The third kappa shape index (κ3) is 2.21. The van der Waals surface area contributed by atoms with Gasteiger partial charge in [0.15, 0.2) is 0 Å². The van der Waals surface area contributed by atoms with Gasteiger partial charge in [-0.25, -0.2) is 4.98 Å². The van der Waals surface area contributed by atoms with E-state index < -0.39 is 0 Å². The van der Waals surface area contributed by atoms with Gasteiger partial charge >= 0.3 is 0 Å². The largest absolute Gasteiger partial charge is 0.344 e. The van der Waals surface area contributed by atoms with E-state index in [-0.39, 0.29) is 5.56 Å². The van der Waals surface area contributed by atoms with Crippen molar-refractivity contribution in [2.24, 2.45) is 11.7 Å². The highest BCUT2D eigenvalue weighted by Crippen LogP contribution is 2.37. The number of nitrogens with one attached hydrogen (secondary N) is 1. The van der Waals surface area contributed by atoms with Gasteiger partial charge in [-0.1, -0.05) is 30.3 Å². The first kappa shape index (κ1) is 15.3. The molecule has 4 aromatic rings. The number of rotatable bonds is 2. The maximum Gasteiger partial charge on any atom is 0.275 e. The van der Waals surface area contributed by atoms with Crippen molar-refractivity contribution in [3.05, 3.63) is 64.6 Å². The molecule has 0 saturated carbocycles. The summed E-state index contributed by atoms with van der Waals surface area (Å²) in [7, 11) is 0. The Bertz CT molecular complexity index is 1190. The molecule has 0 fully saturated rings. The van der Waals surface area contributed by atoms with Crippen molar-refractivity contribution in [3.63, 3.8) is 0 Å². The molecule has 130 valence electrons. The lowest BCUT2D eigenvalue weighted by atomic mass is 9.93. The SMILES string of the molecule is NCC1CCn2c(c(-c3nc4ccccc4[nH]c3=O)c3ccccc32)C1. The molecule has 26 heavy (non-hydrogen) atoms. The minimum Gasteiger partial charge on any atom is -0.344 e. The van der Waals surface area contributed by atoms with Gasteiger partial charge in [0, 0.05) is 28.7 Å². The highest BCUT2D eigenvalue weighted by atomic mass is 16.1. The fraction of sp³-hybridized carbons (Fsp3) is 0.238. The molecule has 1 aliphatic rings. The van der Waals surface area contributed by atoms with Crippen LogP contribution in [0.5, 0.6) is 0 Å². The van der Waals surface area contributed by atoms with E-state index in [1.807, 2.05) is 36.4 Å². The quantitative estimate of drug-likeness (QED) is 0.587. The van der Waals surface area contributed by atoms with Gasteiger partial charge in [-0.15, -0.1) is 0 Å². The number of hydrogen-bond donors (Lipinski definition) is 2. The zero-order valence-electron chi connectivity index (χ0n) is 14.4. The lowest BCUT2D eigenvalue weighted by molar-refractivity contribution is 0.403. The summed E-state index contributed by atoms with van der Waals surface area (Å²) < 4.78 is 2.34. The average Bonchev–Trinajstić information content (AvgIpc) is 3.01. The van der Waals surface area contributed by atoms with E-state index in [2.05, 4.69) is 21.7 Å². The highest BCUT2D eigenvalue weighted by molar-refractivity contribution is 5.98. The Morgan fingerprint density at radius 1 is 1.15 bits per heavy atom. The minimum atomic E-state index is -0.141. The molecule has 1 atom stereocenters. The number of H-pyrrole nitrogens is 1. The van der Waals surface area contributed by atoms with Crippen LogP contribution < -0.4 is 11.3 Å². The number of benzene rings is 2. The van der Waals surface area contributed by atoms with Gasteiger partial charge in [-0.3, -0.25) is 4.79 Å². The number of hydrogen-bond acceptors (Lipinski definition) is 3. The molecule has 2 aromatic heterocycles. The fourth-order valence-corrected chi connectivity index (χ4v) is 4.18. The predicted octanol–water partition coefficient (Wildman–Crippen LogP) is 3.07. The zero-order valence-corrected chi connectivity index (χ0v) is 14.4. The highest BCUT2D eigenvalue weighted by Gasteiger charge is 2.27. The molecule has 0 spiro atoms. The number of fused-ring (bicyclic) bond motifs is 4. The third-order valence-electron chi connectivity index (χ3n) is 5.49. The topological polar surface area (TPSA) is 76.7 Å². The van der Waals surface area contributed by atoms with Crippen LogP contribution in [0.3, 0.4) is 0 Å². The van der Waals surface area contributed by atoms with Crippen LogP contribution in [0.4, 0.5) is 0 Å². The molecule has 5 heteroatoms. The van der Waals surface area contributed by atoms with Crippen LogP contribution >= 0.6 is 0 Å². The molecular weight excluding hydrogens is 324 g/mol. The molecule has 0 bridgehead atoms. The molecule has 5 nitrogen and oxygen atoms in total. The Morgan fingerprint density at radius 3 is 2.85 bits per heavy atom. The summed E-state index contributed by atoms with van der Waals surface area (Å²) >= 11 is 0. The van der Waals surface area contributed by atoms with E-state index in [1.54, 1.807) is 0 Å². The number of aromatic nitrogens is 3. The molecular formula is C21H20N4O. The zero-order chi connectivity index (χ0) is 17.7. The molecule has 0 radical (unpaired) electrons. The summed E-state index contributed by atoms with van der Waals surface area (Å²) in [6.07, 6.45) is 1.96. The molecule has 3 heterocycles. The van der Waals surface area contributed by atoms with Crippen LogP contribution in [0, 0.1) is 5.92 Å². The van der Waals surface area contributed by atoms with Crippen LogP contribution in [0.1, 0.15) is 12.1 Å². The second-order valence-electron chi connectivity index (χ2n) is 7.02. The lowest BCUT2D eigenvalue weighted by Crippen LogP contribution is -2.25. The predicted molar refractivity (Wildman–Crippen MR) is 104 cm³/mol. The molecule has 2 aromatic carbocycles. The molecule has 0 saturated heterocycles. The van der Waals surface area contributed by atoms with Crippen molar-refractivity contribution in [1.29, 1.82) is 0 Å². The second-order valence-corrected chi connectivity index (χ2v) is 7.02. The number of nitrogens with two attached hydrogens (primary N) is 1. The molecule has 0 amide bonds. The van der Waals surface area contributed by atoms with E-state index in [4.69, 9.17) is 10.7 Å². The number of aryl methyl sites for hydroxylation is 1. The van der Waals surface area contributed by atoms with Gasteiger partial charge in [0.2, 0.25) is 0 Å². The Balaban J connectivity index is 1.85. The van der Waals surface area contributed by atoms with E-state index in [0.717, 1.165) is 41.4 Å². The Labute approximate surface area is 150 Å². The Morgan fingerprint density at radius 2 is 1.96 bits per heavy atom. The first-order valence-electron chi connectivity index (χ1n) is 9.06. The molecule has 0 aliphatic carbocycles. The number of para-hydroxylation sites is 3. The standard InChI is InChI=1S/C21H20N4O/c22-12-13-9-10-25-17-8-4-1-5-14(17)19(18(25)11-13)20-21(26)24-16-7-3-2-6-15(16)23-20/h1-8,13H,9-12,22H2,(H,24,26). The molecule has 5 rings (SSSR count). The fourth-order valence-electron chi connectivity index (χ4n) is 4.18. The van der Waals surface area contributed by atoms with Crippen LogP contribution in [0.25, 0.3) is 33.2 Å². The summed E-state index contributed by atoms with van der Waals surface area (Å²) in [5, 5.41) is 1.09. The van der Waals surface area contributed by atoms with E-state index in [9.17, 15) is 4.79 Å². The summed E-state index contributed by atoms with van der Waals surface area (Å²) in [5.41, 5.74) is 11.2. The smallest absolute Gasteiger partial charge is 0.275 e. The third-order valence-corrected chi connectivity index (χ3v) is 5.49. The number of aromatic amines is 1. The minimum absolute atomic E-state index is 0.141. The van der Waals surface area contributed by atoms with Crippen molar-refractivity contribution < 1.29 is 0 Å². The Hall–Kier alpha value is -2.92. The van der Waals surface area contributed by atoms with Gasteiger partial charge in [0.05, 0.1) is 11.0 Å². The van der Waals surface area contributed by atoms with E-state index in [1.165, 1.54) is 11.2 Å². The summed E-state index contributed by atoms with van der Waals surface area (Å²) in [6.45, 7) is 1.60. The van der Waals surface area contributed by atoms with Crippen molar-refractivity contribution in [1.82, 2.24) is 14.5 Å². The maximum atomic E-state index is 12.9. The van der Waals surface area contributed by atoms with Crippen molar-refractivity contribution in [2.75, 3.05) is 6.54 Å². The van der Waals surface area contributed by atoms with Gasteiger partial charge in [0.25, 0.3) is 5.56 Å². The van der Waals surface area contributed by atoms with Crippen LogP contribution in [0.2, 0.25) is 0 Å². The van der Waals surface area contributed by atoms with E-state index >= 15 is 0 Å². The van der Waals surface area contributed by atoms with Crippen molar-refractivity contribution in [3.8, 4) is 11.3 Å². The van der Waals surface area contributed by atoms with Crippen molar-refractivity contribution in [2.45, 2.75) is 19.4 Å². The van der Waals surface area contributed by atoms with Gasteiger partial charge in [0.1, 0.15) is 5.69 Å². The molecule has 3 N–H and O–H groups in total.